The van der Waals surface area contributed by atoms with Gasteiger partial charge < -0.3 is 26.2 Å². The number of aliphatic hydroxyl groups is 1. The zero-order valence-corrected chi connectivity index (χ0v) is 22.7. The molecule has 8 nitrogen and oxygen atoms in total. The van der Waals surface area contributed by atoms with Crippen LogP contribution in [0.5, 0.6) is 0 Å². The number of aromatic nitrogens is 1. The van der Waals surface area contributed by atoms with Crippen molar-refractivity contribution in [2.75, 3.05) is 18.4 Å². The van der Waals surface area contributed by atoms with Crippen LogP contribution in [-0.2, 0) is 21.6 Å². The van der Waals surface area contributed by atoms with Gasteiger partial charge in [-0.2, -0.15) is 0 Å². The molecule has 0 bridgehead atoms. The molecule has 1 aliphatic rings. The quantitative estimate of drug-likeness (QED) is 0.307. The zero-order valence-electron chi connectivity index (χ0n) is 21.9. The predicted molar refractivity (Wildman–Crippen MR) is 150 cm³/mol. The molecule has 2 aromatic carbocycles. The fourth-order valence-corrected chi connectivity index (χ4v) is 5.07. The summed E-state index contributed by atoms with van der Waals surface area (Å²) in [6, 6.07) is 15.3. The number of nitrogens with two attached hydrogens (primary N) is 1. The molecule has 2 amide bonds. The van der Waals surface area contributed by atoms with E-state index in [9.17, 15) is 14.7 Å². The van der Waals surface area contributed by atoms with Crippen LogP contribution >= 0.6 is 11.3 Å². The number of nitrogens with zero attached hydrogens (tertiary/aromatic N) is 1. The average molecular weight is 537 g/mol. The van der Waals surface area contributed by atoms with Crippen molar-refractivity contribution < 1.29 is 19.4 Å². The van der Waals surface area contributed by atoms with Crippen molar-refractivity contribution in [3.05, 3.63) is 70.6 Å². The van der Waals surface area contributed by atoms with E-state index in [2.05, 4.69) is 15.6 Å². The second kappa shape index (κ2) is 12.6. The van der Waals surface area contributed by atoms with E-state index in [1.165, 1.54) is 11.3 Å². The van der Waals surface area contributed by atoms with E-state index >= 15 is 0 Å². The van der Waals surface area contributed by atoms with Crippen LogP contribution < -0.4 is 16.4 Å². The normalized spacial score (nSPS) is 17.7. The van der Waals surface area contributed by atoms with E-state index in [0.717, 1.165) is 48.1 Å². The third kappa shape index (κ3) is 7.48. The highest BCUT2D eigenvalue weighted by atomic mass is 32.1. The Morgan fingerprint density at radius 2 is 1.89 bits per heavy atom. The number of hydrogen-bond donors (Lipinski definition) is 4. The molecular weight excluding hydrogens is 500 g/mol. The lowest BCUT2D eigenvalue weighted by Gasteiger charge is -2.25. The fraction of sp³-hybridized carbons (Fsp3) is 0.414. The molecule has 4 rings (SSSR count). The number of rotatable bonds is 10. The lowest BCUT2D eigenvalue weighted by molar-refractivity contribution is -0.115. The second-order valence-corrected chi connectivity index (χ2v) is 11.2. The summed E-state index contributed by atoms with van der Waals surface area (Å²) < 4.78 is 6.05. The molecule has 5 N–H and O–H groups in total. The number of carbonyl (C=O) groups excluding carboxylic acids is 2. The van der Waals surface area contributed by atoms with Gasteiger partial charge in [0.25, 0.3) is 5.91 Å². The van der Waals surface area contributed by atoms with Gasteiger partial charge in [0.15, 0.2) is 5.13 Å². The standard InChI is InChI=1S/C29H36N4O4S/c1-29(2,18-30)22-8-4-7-21(14-22)27(36)31-15-26(35)33-28-32-25(17-38-28)20-6-3-5-19(13-20)16-37-24-11-9-23(34)10-12-24/h3-8,13-14,17,23-24,34H,9-12,15-16,18,30H2,1-2H3,(H,31,36)(H,32,33,35). The van der Waals surface area contributed by atoms with Gasteiger partial charge in [0.05, 0.1) is 31.1 Å². The van der Waals surface area contributed by atoms with Crippen LogP contribution in [0.4, 0.5) is 5.13 Å². The van der Waals surface area contributed by atoms with Crippen LogP contribution in [0.3, 0.4) is 0 Å². The largest absolute Gasteiger partial charge is 0.393 e. The molecule has 0 aliphatic heterocycles. The second-order valence-electron chi connectivity index (χ2n) is 10.4. The first-order valence-electron chi connectivity index (χ1n) is 13.0. The summed E-state index contributed by atoms with van der Waals surface area (Å²) in [6.07, 6.45) is 3.35. The van der Waals surface area contributed by atoms with Crippen molar-refractivity contribution in [1.82, 2.24) is 10.3 Å². The van der Waals surface area contributed by atoms with Crippen LogP contribution in [-0.4, -0.2) is 47.2 Å². The van der Waals surface area contributed by atoms with Gasteiger partial charge in [-0.15, -0.1) is 11.3 Å². The summed E-state index contributed by atoms with van der Waals surface area (Å²) >= 11 is 1.33. The fourth-order valence-electron chi connectivity index (χ4n) is 4.34. The molecular formula is C29H36N4O4S. The van der Waals surface area contributed by atoms with E-state index in [4.69, 9.17) is 10.5 Å². The van der Waals surface area contributed by atoms with E-state index in [0.29, 0.717) is 23.8 Å². The summed E-state index contributed by atoms with van der Waals surface area (Å²) in [7, 11) is 0. The van der Waals surface area contributed by atoms with Crippen LogP contribution in [0, 0.1) is 0 Å². The van der Waals surface area contributed by atoms with Crippen molar-refractivity contribution in [1.29, 1.82) is 0 Å². The Morgan fingerprint density at radius 1 is 1.13 bits per heavy atom. The Kier molecular flexibility index (Phi) is 9.27. The Bertz CT molecular complexity index is 1250. The lowest BCUT2D eigenvalue weighted by Crippen LogP contribution is -2.33. The third-order valence-electron chi connectivity index (χ3n) is 6.93. The van der Waals surface area contributed by atoms with Crippen LogP contribution in [0.15, 0.2) is 53.9 Å². The minimum absolute atomic E-state index is 0.163. The number of aliphatic hydroxyl groups excluding tert-OH is 1. The summed E-state index contributed by atoms with van der Waals surface area (Å²) in [4.78, 5) is 29.6. The van der Waals surface area contributed by atoms with E-state index in [1.54, 1.807) is 6.07 Å². The number of amides is 2. The van der Waals surface area contributed by atoms with E-state index < -0.39 is 0 Å². The number of thiazole rings is 1. The summed E-state index contributed by atoms with van der Waals surface area (Å²) in [5.41, 5.74) is 9.81. The molecule has 0 spiro atoms. The van der Waals surface area contributed by atoms with Gasteiger partial charge in [-0.3, -0.25) is 9.59 Å². The maximum Gasteiger partial charge on any atom is 0.251 e. The number of benzene rings is 2. The average Bonchev–Trinajstić information content (AvgIpc) is 3.40. The Morgan fingerprint density at radius 3 is 2.66 bits per heavy atom. The summed E-state index contributed by atoms with van der Waals surface area (Å²) in [6.45, 7) is 4.85. The Hall–Kier alpha value is -3.11. The Balaban J connectivity index is 1.28. The highest BCUT2D eigenvalue weighted by molar-refractivity contribution is 7.14. The molecule has 0 atom stereocenters. The molecule has 0 saturated heterocycles. The zero-order chi connectivity index (χ0) is 27.1. The van der Waals surface area contributed by atoms with E-state index in [-0.39, 0.29) is 36.0 Å². The highest BCUT2D eigenvalue weighted by Gasteiger charge is 2.21. The maximum absolute atomic E-state index is 12.6. The number of nitrogens with one attached hydrogen (secondary N) is 2. The molecule has 1 aromatic heterocycles. The molecule has 202 valence electrons. The van der Waals surface area contributed by atoms with Crippen LogP contribution in [0.1, 0.15) is 61.0 Å². The topological polar surface area (TPSA) is 127 Å². The van der Waals surface area contributed by atoms with Gasteiger partial charge in [0.2, 0.25) is 5.91 Å². The number of carbonyl (C=O) groups is 2. The minimum atomic E-state index is -0.350. The van der Waals surface area contributed by atoms with Gasteiger partial charge in [0, 0.05) is 28.5 Å². The molecule has 1 fully saturated rings. The summed E-state index contributed by atoms with van der Waals surface area (Å²) in [5.74, 6) is -0.671. The van der Waals surface area contributed by atoms with Crippen molar-refractivity contribution in [3.63, 3.8) is 0 Å². The van der Waals surface area contributed by atoms with Gasteiger partial charge in [-0.25, -0.2) is 4.98 Å². The number of hydrogen-bond acceptors (Lipinski definition) is 7. The Labute approximate surface area is 227 Å². The molecule has 9 heteroatoms. The molecule has 0 radical (unpaired) electrons. The van der Waals surface area contributed by atoms with Crippen LogP contribution in [0.25, 0.3) is 11.3 Å². The monoisotopic (exact) mass is 536 g/mol. The summed E-state index contributed by atoms with van der Waals surface area (Å²) in [5, 5.41) is 17.5. The van der Waals surface area contributed by atoms with Gasteiger partial charge >= 0.3 is 0 Å². The van der Waals surface area contributed by atoms with Crippen LogP contribution in [0.2, 0.25) is 0 Å². The van der Waals surface area contributed by atoms with Gasteiger partial charge in [-0.05, 0) is 55.0 Å². The lowest BCUT2D eigenvalue weighted by atomic mass is 9.84. The molecule has 1 aliphatic carbocycles. The van der Waals surface area contributed by atoms with Crippen molar-refractivity contribution >= 4 is 28.3 Å². The number of ether oxygens (including phenoxy) is 1. The van der Waals surface area contributed by atoms with Crippen molar-refractivity contribution in [2.45, 2.75) is 63.8 Å². The smallest absolute Gasteiger partial charge is 0.251 e. The van der Waals surface area contributed by atoms with Gasteiger partial charge in [0.1, 0.15) is 0 Å². The predicted octanol–water partition coefficient (Wildman–Crippen LogP) is 4.24. The first kappa shape index (κ1) is 27.9. The highest BCUT2D eigenvalue weighted by Crippen LogP contribution is 2.27. The molecule has 3 aromatic rings. The van der Waals surface area contributed by atoms with Crippen molar-refractivity contribution in [2.24, 2.45) is 5.73 Å². The van der Waals surface area contributed by atoms with Crippen molar-refractivity contribution in [3.8, 4) is 11.3 Å². The maximum atomic E-state index is 12.6. The SMILES string of the molecule is CC(C)(CN)c1cccc(C(=O)NCC(=O)Nc2nc(-c3cccc(COC4CCC(O)CC4)c3)cs2)c1. The number of anilines is 1. The van der Waals surface area contributed by atoms with Gasteiger partial charge in [-0.1, -0.05) is 44.2 Å². The molecule has 1 heterocycles. The molecule has 38 heavy (non-hydrogen) atoms. The third-order valence-corrected chi connectivity index (χ3v) is 7.69. The minimum Gasteiger partial charge on any atom is -0.393 e. The first-order chi connectivity index (χ1) is 18.2. The molecule has 1 saturated carbocycles. The molecule has 0 unspecified atom stereocenters. The first-order valence-corrected chi connectivity index (χ1v) is 13.8. The van der Waals surface area contributed by atoms with E-state index in [1.807, 2.05) is 61.7 Å².